The van der Waals surface area contributed by atoms with Crippen molar-refractivity contribution < 1.29 is 0 Å². The molecule has 1 aromatic rings. The minimum atomic E-state index is 0.877. The van der Waals surface area contributed by atoms with E-state index < -0.39 is 0 Å². The van der Waals surface area contributed by atoms with E-state index in [1.165, 1.54) is 51.0 Å². The molecule has 0 bridgehead atoms. The molecule has 0 amide bonds. The van der Waals surface area contributed by atoms with Crippen molar-refractivity contribution in [1.29, 1.82) is 0 Å². The molecule has 2 aliphatic rings. The lowest BCUT2D eigenvalue weighted by molar-refractivity contribution is 0.104. The molecule has 2 fully saturated rings. The maximum atomic E-state index is 2.74. The third kappa shape index (κ3) is 4.18. The first-order valence-electron chi connectivity index (χ1n) is 8.49. The Morgan fingerprint density at radius 1 is 1.05 bits per heavy atom. The smallest absolute Gasteiger partial charge is 0.0167 e. The van der Waals surface area contributed by atoms with Crippen molar-refractivity contribution in [3.63, 3.8) is 0 Å². The maximum Gasteiger partial charge on any atom is 0.0167 e. The lowest BCUT2D eigenvalue weighted by Gasteiger charge is -2.37. The molecule has 2 nitrogen and oxygen atoms in total. The SMILES string of the molecule is C[C@@H]1CC[C@@H](N2CCN(C/C=C/c3ccccc3)CC2)C1. The second-order valence-corrected chi connectivity index (χ2v) is 6.72. The summed E-state index contributed by atoms with van der Waals surface area (Å²) in [6, 6.07) is 11.5. The van der Waals surface area contributed by atoms with Gasteiger partial charge in [-0.15, -0.1) is 0 Å². The van der Waals surface area contributed by atoms with E-state index in [2.05, 4.69) is 59.2 Å². The average Bonchev–Trinajstić information content (AvgIpc) is 2.96. The number of nitrogens with zero attached hydrogens (tertiary/aromatic N) is 2. The number of rotatable bonds is 4. The molecule has 2 atom stereocenters. The molecule has 1 heterocycles. The monoisotopic (exact) mass is 284 g/mol. The molecular weight excluding hydrogens is 256 g/mol. The highest BCUT2D eigenvalue weighted by atomic mass is 15.3. The van der Waals surface area contributed by atoms with E-state index >= 15 is 0 Å². The highest BCUT2D eigenvalue weighted by Crippen LogP contribution is 2.29. The van der Waals surface area contributed by atoms with Crippen LogP contribution in [0.1, 0.15) is 31.7 Å². The first kappa shape index (κ1) is 14.8. The summed E-state index contributed by atoms with van der Waals surface area (Å²) in [6.45, 7) is 8.47. The van der Waals surface area contributed by atoms with E-state index in [9.17, 15) is 0 Å². The molecule has 0 N–H and O–H groups in total. The highest BCUT2D eigenvalue weighted by molar-refractivity contribution is 5.48. The topological polar surface area (TPSA) is 6.48 Å². The van der Waals surface area contributed by atoms with Crippen LogP contribution in [0.2, 0.25) is 0 Å². The van der Waals surface area contributed by atoms with Crippen molar-refractivity contribution in [2.75, 3.05) is 32.7 Å². The Bertz CT molecular complexity index is 446. The van der Waals surface area contributed by atoms with Crippen molar-refractivity contribution in [1.82, 2.24) is 9.80 Å². The van der Waals surface area contributed by atoms with Crippen LogP contribution in [-0.4, -0.2) is 48.6 Å². The molecule has 114 valence electrons. The summed E-state index contributed by atoms with van der Waals surface area (Å²) in [4.78, 5) is 5.31. The van der Waals surface area contributed by atoms with Crippen molar-refractivity contribution in [3.8, 4) is 0 Å². The number of hydrogen-bond acceptors (Lipinski definition) is 2. The molecule has 3 rings (SSSR count). The summed E-state index contributed by atoms with van der Waals surface area (Å²) in [7, 11) is 0. The van der Waals surface area contributed by atoms with E-state index in [0.29, 0.717) is 0 Å². The lowest BCUT2D eigenvalue weighted by Crippen LogP contribution is -2.49. The van der Waals surface area contributed by atoms with Gasteiger partial charge in [0.05, 0.1) is 0 Å². The average molecular weight is 284 g/mol. The molecule has 0 aromatic heterocycles. The van der Waals surface area contributed by atoms with Gasteiger partial charge in [0.1, 0.15) is 0 Å². The van der Waals surface area contributed by atoms with Gasteiger partial charge in [-0.25, -0.2) is 0 Å². The molecule has 21 heavy (non-hydrogen) atoms. The molecule has 0 spiro atoms. The second-order valence-electron chi connectivity index (χ2n) is 6.72. The van der Waals surface area contributed by atoms with E-state index in [-0.39, 0.29) is 0 Å². The lowest BCUT2D eigenvalue weighted by atomic mass is 10.1. The van der Waals surface area contributed by atoms with Crippen molar-refractivity contribution >= 4 is 6.08 Å². The Hall–Kier alpha value is -1.12. The summed E-state index contributed by atoms with van der Waals surface area (Å²) < 4.78 is 0. The fourth-order valence-electron chi connectivity index (χ4n) is 3.72. The van der Waals surface area contributed by atoms with Gasteiger partial charge in [-0.05, 0) is 30.7 Å². The normalized spacial score (nSPS) is 28.4. The van der Waals surface area contributed by atoms with Gasteiger partial charge in [-0.1, -0.05) is 49.4 Å². The summed E-state index contributed by atoms with van der Waals surface area (Å²) in [5.41, 5.74) is 1.30. The van der Waals surface area contributed by atoms with Gasteiger partial charge in [-0.2, -0.15) is 0 Å². The summed E-state index contributed by atoms with van der Waals surface area (Å²) >= 11 is 0. The Balaban J connectivity index is 1.41. The van der Waals surface area contributed by atoms with E-state index in [4.69, 9.17) is 0 Å². The van der Waals surface area contributed by atoms with Gasteiger partial charge in [0.2, 0.25) is 0 Å². The minimum absolute atomic E-state index is 0.877. The molecule has 1 aliphatic carbocycles. The Labute approximate surface area is 129 Å². The summed E-state index contributed by atoms with van der Waals surface area (Å²) in [6.07, 6.45) is 8.83. The number of benzene rings is 1. The van der Waals surface area contributed by atoms with Gasteiger partial charge in [-0.3, -0.25) is 9.80 Å². The first-order valence-corrected chi connectivity index (χ1v) is 8.49. The van der Waals surface area contributed by atoms with Crippen LogP contribution in [0.15, 0.2) is 36.4 Å². The molecule has 2 heteroatoms. The van der Waals surface area contributed by atoms with Crippen molar-refractivity contribution in [3.05, 3.63) is 42.0 Å². The van der Waals surface area contributed by atoms with Crippen LogP contribution in [0.4, 0.5) is 0 Å². The van der Waals surface area contributed by atoms with Gasteiger partial charge in [0.15, 0.2) is 0 Å². The van der Waals surface area contributed by atoms with Crippen LogP contribution < -0.4 is 0 Å². The highest BCUT2D eigenvalue weighted by Gasteiger charge is 2.28. The molecular formula is C19H28N2. The number of piperazine rings is 1. The summed E-state index contributed by atoms with van der Waals surface area (Å²) in [5, 5.41) is 0. The zero-order chi connectivity index (χ0) is 14.5. The first-order chi connectivity index (χ1) is 10.3. The quantitative estimate of drug-likeness (QED) is 0.835. The van der Waals surface area contributed by atoms with Gasteiger partial charge in [0.25, 0.3) is 0 Å². The third-order valence-corrected chi connectivity index (χ3v) is 5.06. The Morgan fingerprint density at radius 2 is 1.81 bits per heavy atom. The number of hydrogen-bond donors (Lipinski definition) is 0. The zero-order valence-electron chi connectivity index (χ0n) is 13.2. The largest absolute Gasteiger partial charge is 0.298 e. The Morgan fingerprint density at radius 3 is 2.48 bits per heavy atom. The van der Waals surface area contributed by atoms with Crippen molar-refractivity contribution in [2.45, 2.75) is 32.2 Å². The zero-order valence-corrected chi connectivity index (χ0v) is 13.2. The van der Waals surface area contributed by atoms with Crippen LogP contribution in [0.25, 0.3) is 6.08 Å². The van der Waals surface area contributed by atoms with Crippen LogP contribution in [0.3, 0.4) is 0 Å². The molecule has 1 saturated heterocycles. The van der Waals surface area contributed by atoms with Gasteiger partial charge in [0, 0.05) is 38.8 Å². The van der Waals surface area contributed by atoms with E-state index in [1.807, 2.05) is 0 Å². The van der Waals surface area contributed by atoms with Crippen LogP contribution in [-0.2, 0) is 0 Å². The Kier molecular flexibility index (Phi) is 5.10. The molecule has 0 unspecified atom stereocenters. The fourth-order valence-corrected chi connectivity index (χ4v) is 3.72. The van der Waals surface area contributed by atoms with Gasteiger partial charge < -0.3 is 0 Å². The van der Waals surface area contributed by atoms with Crippen LogP contribution >= 0.6 is 0 Å². The minimum Gasteiger partial charge on any atom is -0.298 e. The molecule has 1 saturated carbocycles. The van der Waals surface area contributed by atoms with E-state index in [0.717, 1.165) is 18.5 Å². The predicted molar refractivity (Wildman–Crippen MR) is 90.3 cm³/mol. The third-order valence-electron chi connectivity index (χ3n) is 5.06. The standard InChI is InChI=1S/C19H28N2/c1-17-9-10-19(16-17)21-14-12-20(13-15-21)11-5-8-18-6-3-2-4-7-18/h2-8,17,19H,9-16H2,1H3/b8-5+/t17-,19-/m1/s1. The summed E-state index contributed by atoms with van der Waals surface area (Å²) in [5.74, 6) is 0.946. The predicted octanol–water partition coefficient (Wildman–Crippen LogP) is 3.51. The van der Waals surface area contributed by atoms with Crippen LogP contribution in [0.5, 0.6) is 0 Å². The molecule has 1 aliphatic heterocycles. The fraction of sp³-hybridized carbons (Fsp3) is 0.579. The second kappa shape index (κ2) is 7.24. The molecule has 0 radical (unpaired) electrons. The van der Waals surface area contributed by atoms with Crippen molar-refractivity contribution in [2.24, 2.45) is 5.92 Å². The van der Waals surface area contributed by atoms with E-state index in [1.54, 1.807) is 0 Å². The maximum absolute atomic E-state index is 2.74. The van der Waals surface area contributed by atoms with Crippen LogP contribution in [0, 0.1) is 5.92 Å². The molecule has 1 aromatic carbocycles. The van der Waals surface area contributed by atoms with Gasteiger partial charge >= 0.3 is 0 Å².